The fourth-order valence-electron chi connectivity index (χ4n) is 1.53. The van der Waals surface area contributed by atoms with Crippen LogP contribution in [0.4, 0.5) is 4.39 Å². The topological polar surface area (TPSA) is 29.9 Å². The Bertz CT molecular complexity index is 510. The number of benzene rings is 1. The van der Waals surface area contributed by atoms with Gasteiger partial charge in [-0.05, 0) is 19.2 Å². The van der Waals surface area contributed by atoms with Crippen LogP contribution in [-0.2, 0) is 13.6 Å². The molecule has 1 heterocycles. The summed E-state index contributed by atoms with van der Waals surface area (Å²) in [6, 6.07) is 5.12. The highest BCUT2D eigenvalue weighted by Crippen LogP contribution is 2.30. The lowest BCUT2D eigenvalue weighted by Crippen LogP contribution is -2.08. The Balaban J connectivity index is 2.32. The Hall–Kier alpha value is -1.33. The Morgan fingerprint density at radius 1 is 1.47 bits per heavy atom. The average molecular weight is 251 g/mol. The van der Waals surface area contributed by atoms with Gasteiger partial charge in [-0.2, -0.15) is 0 Å². The normalized spacial score (nSPS) is 10.8. The van der Waals surface area contributed by atoms with Crippen molar-refractivity contribution in [2.75, 3.05) is 7.05 Å². The van der Waals surface area contributed by atoms with Gasteiger partial charge in [-0.15, -0.1) is 0 Å². The maximum Gasteiger partial charge on any atom is 0.172 e. The number of aromatic nitrogens is 2. The first-order chi connectivity index (χ1) is 8.22. The van der Waals surface area contributed by atoms with E-state index in [0.29, 0.717) is 12.1 Å². The number of rotatable bonds is 4. The quantitative estimate of drug-likeness (QED) is 0.905. The van der Waals surface area contributed by atoms with Crippen molar-refractivity contribution in [3.63, 3.8) is 0 Å². The number of aryl methyl sites for hydroxylation is 1. The van der Waals surface area contributed by atoms with Crippen molar-refractivity contribution < 1.29 is 4.39 Å². The SMILES string of the molecule is CNCc1c(F)cccc1Sc1nccn1C. The smallest absolute Gasteiger partial charge is 0.172 e. The highest BCUT2D eigenvalue weighted by Gasteiger charge is 2.10. The first-order valence-corrected chi connectivity index (χ1v) is 6.11. The Kier molecular flexibility index (Phi) is 3.81. The molecule has 0 aliphatic heterocycles. The van der Waals surface area contributed by atoms with Gasteiger partial charge in [0, 0.05) is 36.4 Å². The Morgan fingerprint density at radius 3 is 2.94 bits per heavy atom. The highest BCUT2D eigenvalue weighted by atomic mass is 32.2. The molecule has 0 unspecified atom stereocenters. The van der Waals surface area contributed by atoms with Gasteiger partial charge in [0.15, 0.2) is 5.16 Å². The summed E-state index contributed by atoms with van der Waals surface area (Å²) < 4.78 is 15.6. The van der Waals surface area contributed by atoms with Crippen LogP contribution in [0.25, 0.3) is 0 Å². The van der Waals surface area contributed by atoms with Crippen molar-refractivity contribution in [1.82, 2.24) is 14.9 Å². The van der Waals surface area contributed by atoms with Crippen LogP contribution >= 0.6 is 11.8 Å². The zero-order chi connectivity index (χ0) is 12.3. The number of halogens is 1. The first-order valence-electron chi connectivity index (χ1n) is 5.29. The fraction of sp³-hybridized carbons (Fsp3) is 0.250. The average Bonchev–Trinajstić information content (AvgIpc) is 2.70. The van der Waals surface area contributed by atoms with Gasteiger partial charge >= 0.3 is 0 Å². The molecule has 2 rings (SSSR count). The zero-order valence-corrected chi connectivity index (χ0v) is 10.6. The standard InChI is InChI=1S/C12H14FN3S/c1-14-8-9-10(13)4-3-5-11(9)17-12-15-6-7-16(12)2/h3-7,14H,8H2,1-2H3. The molecule has 0 atom stereocenters. The number of hydrogen-bond acceptors (Lipinski definition) is 3. The van der Waals surface area contributed by atoms with Crippen molar-refractivity contribution >= 4 is 11.8 Å². The number of nitrogens with zero attached hydrogens (tertiary/aromatic N) is 2. The molecule has 90 valence electrons. The first kappa shape index (κ1) is 12.1. The summed E-state index contributed by atoms with van der Waals surface area (Å²) in [5, 5.41) is 3.83. The lowest BCUT2D eigenvalue weighted by atomic mass is 10.2. The third-order valence-corrected chi connectivity index (χ3v) is 3.59. The van der Waals surface area contributed by atoms with Gasteiger partial charge in [0.25, 0.3) is 0 Å². The second kappa shape index (κ2) is 5.33. The van der Waals surface area contributed by atoms with E-state index in [1.165, 1.54) is 17.8 Å². The maximum atomic E-state index is 13.7. The molecule has 0 saturated carbocycles. The van der Waals surface area contributed by atoms with E-state index in [0.717, 1.165) is 10.1 Å². The minimum atomic E-state index is -0.182. The Morgan fingerprint density at radius 2 is 2.29 bits per heavy atom. The van der Waals surface area contributed by atoms with E-state index in [4.69, 9.17) is 0 Å². The van der Waals surface area contributed by atoms with Crippen molar-refractivity contribution in [2.45, 2.75) is 16.6 Å². The molecule has 2 aromatic rings. The lowest BCUT2D eigenvalue weighted by Gasteiger charge is -2.09. The lowest BCUT2D eigenvalue weighted by molar-refractivity contribution is 0.593. The van der Waals surface area contributed by atoms with E-state index in [9.17, 15) is 4.39 Å². The predicted molar refractivity (Wildman–Crippen MR) is 66.5 cm³/mol. The van der Waals surface area contributed by atoms with Crippen molar-refractivity contribution in [3.8, 4) is 0 Å². The molecule has 17 heavy (non-hydrogen) atoms. The van der Waals surface area contributed by atoms with E-state index in [1.54, 1.807) is 12.3 Å². The van der Waals surface area contributed by atoms with Gasteiger partial charge < -0.3 is 9.88 Å². The summed E-state index contributed by atoms with van der Waals surface area (Å²) in [7, 11) is 3.73. The van der Waals surface area contributed by atoms with E-state index in [2.05, 4.69) is 10.3 Å². The van der Waals surface area contributed by atoms with Gasteiger partial charge in [0.05, 0.1) is 0 Å². The van der Waals surface area contributed by atoms with Crippen LogP contribution in [0.15, 0.2) is 40.6 Å². The van der Waals surface area contributed by atoms with Crippen LogP contribution in [0.2, 0.25) is 0 Å². The van der Waals surface area contributed by atoms with Crippen molar-refractivity contribution in [3.05, 3.63) is 42.0 Å². The second-order valence-corrected chi connectivity index (χ2v) is 4.68. The summed E-state index contributed by atoms with van der Waals surface area (Å²) in [5.41, 5.74) is 0.683. The second-order valence-electron chi connectivity index (χ2n) is 3.67. The van der Waals surface area contributed by atoms with Crippen LogP contribution in [0.1, 0.15) is 5.56 Å². The van der Waals surface area contributed by atoms with Crippen LogP contribution in [0, 0.1) is 5.82 Å². The maximum absolute atomic E-state index is 13.7. The summed E-state index contributed by atoms with van der Waals surface area (Å²) in [4.78, 5) is 5.12. The number of nitrogens with one attached hydrogen (secondary N) is 1. The van der Waals surface area contributed by atoms with E-state index in [1.807, 2.05) is 30.9 Å². The molecule has 0 aliphatic carbocycles. The molecule has 0 spiro atoms. The van der Waals surface area contributed by atoms with Gasteiger partial charge in [-0.1, -0.05) is 17.8 Å². The van der Waals surface area contributed by atoms with E-state index >= 15 is 0 Å². The summed E-state index contributed by atoms with van der Waals surface area (Å²) in [6.07, 6.45) is 3.61. The summed E-state index contributed by atoms with van der Waals surface area (Å²) in [6.45, 7) is 0.513. The number of hydrogen-bond donors (Lipinski definition) is 1. The minimum Gasteiger partial charge on any atom is -0.329 e. The molecule has 1 aromatic heterocycles. The molecule has 5 heteroatoms. The molecule has 0 bridgehead atoms. The highest BCUT2D eigenvalue weighted by molar-refractivity contribution is 7.99. The molecule has 1 N–H and O–H groups in total. The predicted octanol–water partition coefficient (Wildman–Crippen LogP) is 2.43. The molecule has 0 aliphatic rings. The van der Waals surface area contributed by atoms with Gasteiger partial charge in [-0.3, -0.25) is 0 Å². The molecular formula is C12H14FN3S. The minimum absolute atomic E-state index is 0.182. The molecule has 0 fully saturated rings. The van der Waals surface area contributed by atoms with Crippen LogP contribution in [0.3, 0.4) is 0 Å². The molecule has 1 aromatic carbocycles. The van der Waals surface area contributed by atoms with Crippen LogP contribution < -0.4 is 5.32 Å². The third kappa shape index (κ3) is 2.68. The fourth-order valence-corrected chi connectivity index (χ4v) is 2.49. The summed E-state index contributed by atoms with van der Waals surface area (Å²) in [5.74, 6) is -0.182. The largest absolute Gasteiger partial charge is 0.329 e. The van der Waals surface area contributed by atoms with Gasteiger partial charge in [0.2, 0.25) is 0 Å². The molecular weight excluding hydrogens is 237 g/mol. The Labute approximate surface area is 104 Å². The molecule has 0 radical (unpaired) electrons. The molecule has 0 amide bonds. The van der Waals surface area contributed by atoms with Crippen molar-refractivity contribution in [1.29, 1.82) is 0 Å². The van der Waals surface area contributed by atoms with Crippen LogP contribution in [-0.4, -0.2) is 16.6 Å². The van der Waals surface area contributed by atoms with Gasteiger partial charge in [0.1, 0.15) is 5.82 Å². The molecule has 0 saturated heterocycles. The van der Waals surface area contributed by atoms with E-state index in [-0.39, 0.29) is 5.82 Å². The van der Waals surface area contributed by atoms with Crippen molar-refractivity contribution in [2.24, 2.45) is 7.05 Å². The van der Waals surface area contributed by atoms with Gasteiger partial charge in [-0.25, -0.2) is 9.37 Å². The number of imidazole rings is 1. The summed E-state index contributed by atoms with van der Waals surface area (Å²) >= 11 is 1.47. The van der Waals surface area contributed by atoms with E-state index < -0.39 is 0 Å². The monoisotopic (exact) mass is 251 g/mol. The van der Waals surface area contributed by atoms with Crippen LogP contribution in [0.5, 0.6) is 0 Å². The zero-order valence-electron chi connectivity index (χ0n) is 9.77. The third-order valence-electron chi connectivity index (χ3n) is 2.41. The molecule has 3 nitrogen and oxygen atoms in total.